The van der Waals surface area contributed by atoms with Crippen LogP contribution in [0, 0.1) is 11.3 Å². The lowest BCUT2D eigenvalue weighted by atomic mass is 10.2. The van der Waals surface area contributed by atoms with E-state index in [9.17, 15) is 0 Å². The minimum Gasteiger partial charge on any atom is -0.490 e. The average Bonchev–Trinajstić information content (AvgIpc) is 2.76. The molecule has 2 aromatic rings. The third-order valence-corrected chi connectivity index (χ3v) is 2.72. The zero-order valence-electron chi connectivity index (χ0n) is 9.64. The maximum atomic E-state index is 8.76. The Morgan fingerprint density at radius 3 is 2.83 bits per heavy atom. The number of nitrogens with zero attached hydrogens (tertiary/aromatic N) is 2. The number of benzene rings is 1. The van der Waals surface area contributed by atoms with E-state index in [-0.39, 0.29) is 0 Å². The van der Waals surface area contributed by atoms with Gasteiger partial charge in [0, 0.05) is 12.0 Å². The van der Waals surface area contributed by atoms with E-state index in [2.05, 4.69) is 9.97 Å². The fourth-order valence-electron chi connectivity index (χ4n) is 1.84. The highest BCUT2D eigenvalue weighted by molar-refractivity contribution is 5.61. The molecule has 5 nitrogen and oxygen atoms in total. The standard InChI is InChI=1S/C13H11N3O2/c14-7-10-8-15-13(16-10)9-2-3-11-12(6-9)18-5-1-4-17-11/h2-3,6,8H,1,4-5H2,(H,15,16). The van der Waals surface area contributed by atoms with Gasteiger partial charge in [-0.05, 0) is 18.2 Å². The van der Waals surface area contributed by atoms with Crippen molar-refractivity contribution in [1.29, 1.82) is 5.26 Å². The third kappa shape index (κ3) is 1.89. The molecule has 2 heterocycles. The van der Waals surface area contributed by atoms with Gasteiger partial charge < -0.3 is 14.5 Å². The van der Waals surface area contributed by atoms with Crippen LogP contribution in [0.1, 0.15) is 12.1 Å². The molecule has 0 fully saturated rings. The molecule has 5 heteroatoms. The Kier molecular flexibility index (Phi) is 2.61. The Morgan fingerprint density at radius 1 is 1.22 bits per heavy atom. The van der Waals surface area contributed by atoms with Gasteiger partial charge in [0.2, 0.25) is 0 Å². The number of rotatable bonds is 1. The van der Waals surface area contributed by atoms with Crippen molar-refractivity contribution in [2.75, 3.05) is 13.2 Å². The van der Waals surface area contributed by atoms with Crippen molar-refractivity contribution < 1.29 is 9.47 Å². The first-order chi connectivity index (χ1) is 8.86. The van der Waals surface area contributed by atoms with E-state index in [1.165, 1.54) is 6.20 Å². The molecule has 0 amide bonds. The van der Waals surface area contributed by atoms with Crippen LogP contribution in [0.5, 0.6) is 11.5 Å². The smallest absolute Gasteiger partial charge is 0.161 e. The summed E-state index contributed by atoms with van der Waals surface area (Å²) < 4.78 is 11.2. The number of hydrogen-bond acceptors (Lipinski definition) is 4. The lowest BCUT2D eigenvalue weighted by molar-refractivity contribution is 0.297. The number of H-pyrrole nitrogens is 1. The van der Waals surface area contributed by atoms with Crippen molar-refractivity contribution in [2.24, 2.45) is 0 Å². The van der Waals surface area contributed by atoms with E-state index in [0.717, 1.165) is 23.5 Å². The normalized spacial score (nSPS) is 13.7. The predicted octanol–water partition coefficient (Wildman–Crippen LogP) is 2.11. The Balaban J connectivity index is 1.98. The van der Waals surface area contributed by atoms with Crippen molar-refractivity contribution in [1.82, 2.24) is 9.97 Å². The van der Waals surface area contributed by atoms with Crippen molar-refractivity contribution in [2.45, 2.75) is 6.42 Å². The number of aromatic amines is 1. The summed E-state index contributed by atoms with van der Waals surface area (Å²) in [6.45, 7) is 1.32. The summed E-state index contributed by atoms with van der Waals surface area (Å²) in [5, 5.41) is 8.76. The molecule has 3 rings (SSSR count). The highest BCUT2D eigenvalue weighted by Gasteiger charge is 2.12. The second-order valence-electron chi connectivity index (χ2n) is 3.97. The van der Waals surface area contributed by atoms with Crippen LogP contribution >= 0.6 is 0 Å². The lowest BCUT2D eigenvalue weighted by Gasteiger charge is -2.07. The molecule has 0 aliphatic carbocycles. The Morgan fingerprint density at radius 2 is 2.06 bits per heavy atom. The molecule has 0 saturated heterocycles. The molecule has 1 N–H and O–H groups in total. The molecule has 0 saturated carbocycles. The van der Waals surface area contributed by atoms with Crippen molar-refractivity contribution in [3.63, 3.8) is 0 Å². The quantitative estimate of drug-likeness (QED) is 0.830. The number of fused-ring (bicyclic) bond motifs is 1. The summed E-state index contributed by atoms with van der Waals surface area (Å²) in [6, 6.07) is 7.65. The van der Waals surface area contributed by atoms with Crippen molar-refractivity contribution in [3.05, 3.63) is 30.1 Å². The number of aromatic nitrogens is 2. The van der Waals surface area contributed by atoms with Crippen LogP contribution in [0.15, 0.2) is 24.4 Å². The molecule has 0 radical (unpaired) electrons. The minimum atomic E-state index is 0.442. The van der Waals surface area contributed by atoms with E-state index < -0.39 is 0 Å². The van der Waals surface area contributed by atoms with Crippen LogP contribution in [-0.2, 0) is 0 Å². The topological polar surface area (TPSA) is 70.9 Å². The molecule has 1 aromatic heterocycles. The number of hydrogen-bond donors (Lipinski definition) is 1. The van der Waals surface area contributed by atoms with Gasteiger partial charge in [0.25, 0.3) is 0 Å². The molecular formula is C13H11N3O2. The fraction of sp³-hybridized carbons (Fsp3) is 0.231. The van der Waals surface area contributed by atoms with Crippen LogP contribution in [0.25, 0.3) is 11.4 Å². The monoisotopic (exact) mass is 241 g/mol. The maximum Gasteiger partial charge on any atom is 0.161 e. The van der Waals surface area contributed by atoms with Gasteiger partial charge >= 0.3 is 0 Å². The molecule has 0 spiro atoms. The fourth-order valence-corrected chi connectivity index (χ4v) is 1.84. The minimum absolute atomic E-state index is 0.442. The van der Waals surface area contributed by atoms with Gasteiger partial charge in [-0.1, -0.05) is 0 Å². The van der Waals surface area contributed by atoms with E-state index >= 15 is 0 Å². The molecule has 1 aliphatic heterocycles. The van der Waals surface area contributed by atoms with Crippen LogP contribution in [0.4, 0.5) is 0 Å². The molecule has 90 valence electrons. The summed E-state index contributed by atoms with van der Waals surface area (Å²) in [4.78, 5) is 7.09. The molecule has 18 heavy (non-hydrogen) atoms. The highest BCUT2D eigenvalue weighted by Crippen LogP contribution is 2.33. The Labute approximate surface area is 104 Å². The first-order valence-electron chi connectivity index (χ1n) is 5.72. The Hall–Kier alpha value is -2.48. The zero-order valence-corrected chi connectivity index (χ0v) is 9.64. The van der Waals surface area contributed by atoms with Gasteiger partial charge in [0.1, 0.15) is 17.6 Å². The van der Waals surface area contributed by atoms with Gasteiger partial charge in [-0.2, -0.15) is 5.26 Å². The first kappa shape index (κ1) is 10.7. The number of nitrogens with one attached hydrogen (secondary N) is 1. The molecular weight excluding hydrogens is 230 g/mol. The van der Waals surface area contributed by atoms with Crippen LogP contribution in [-0.4, -0.2) is 23.2 Å². The first-order valence-corrected chi connectivity index (χ1v) is 5.72. The summed E-state index contributed by atoms with van der Waals surface area (Å²) in [6.07, 6.45) is 2.39. The van der Waals surface area contributed by atoms with Gasteiger partial charge in [0.15, 0.2) is 11.5 Å². The zero-order chi connectivity index (χ0) is 12.4. The number of imidazole rings is 1. The van der Waals surface area contributed by atoms with E-state index in [0.29, 0.717) is 24.7 Å². The Bertz CT molecular complexity index is 613. The molecule has 0 bridgehead atoms. The molecule has 0 atom stereocenters. The molecule has 0 unspecified atom stereocenters. The van der Waals surface area contributed by atoms with Crippen LogP contribution in [0.3, 0.4) is 0 Å². The second kappa shape index (κ2) is 4.41. The van der Waals surface area contributed by atoms with E-state index in [4.69, 9.17) is 14.7 Å². The van der Waals surface area contributed by atoms with E-state index in [1.807, 2.05) is 24.3 Å². The highest BCUT2D eigenvalue weighted by atomic mass is 16.5. The average molecular weight is 241 g/mol. The van der Waals surface area contributed by atoms with Crippen molar-refractivity contribution in [3.8, 4) is 29.0 Å². The number of nitriles is 1. The van der Waals surface area contributed by atoms with Gasteiger partial charge in [-0.15, -0.1) is 0 Å². The van der Waals surface area contributed by atoms with Crippen LogP contribution in [0.2, 0.25) is 0 Å². The molecule has 1 aromatic carbocycles. The molecule has 1 aliphatic rings. The third-order valence-electron chi connectivity index (χ3n) is 2.72. The van der Waals surface area contributed by atoms with E-state index in [1.54, 1.807) is 0 Å². The summed E-state index contributed by atoms with van der Waals surface area (Å²) in [5.41, 5.74) is 1.32. The van der Waals surface area contributed by atoms with Gasteiger partial charge in [-0.25, -0.2) is 4.98 Å². The van der Waals surface area contributed by atoms with Crippen molar-refractivity contribution >= 4 is 0 Å². The van der Waals surface area contributed by atoms with Gasteiger partial charge in [-0.3, -0.25) is 0 Å². The summed E-state index contributed by atoms with van der Waals surface area (Å²) in [5.74, 6) is 2.13. The maximum absolute atomic E-state index is 8.76. The summed E-state index contributed by atoms with van der Waals surface area (Å²) in [7, 11) is 0. The second-order valence-corrected chi connectivity index (χ2v) is 3.97. The predicted molar refractivity (Wildman–Crippen MR) is 64.3 cm³/mol. The van der Waals surface area contributed by atoms with Crippen LogP contribution < -0.4 is 9.47 Å². The lowest BCUT2D eigenvalue weighted by Crippen LogP contribution is -1.97. The van der Waals surface area contributed by atoms with Gasteiger partial charge in [0.05, 0.1) is 19.4 Å². The SMILES string of the molecule is N#Cc1cnc(-c2ccc3c(c2)OCCCO3)[nH]1. The summed E-state index contributed by atoms with van der Waals surface area (Å²) >= 11 is 0. The largest absolute Gasteiger partial charge is 0.490 e. The number of ether oxygens (including phenoxy) is 2.